The van der Waals surface area contributed by atoms with E-state index in [9.17, 15) is 17.6 Å². The highest BCUT2D eigenvalue weighted by Gasteiger charge is 2.22. The number of benzene rings is 2. The Morgan fingerprint density at radius 3 is 2.35 bits per heavy atom. The number of rotatable bonds is 4. The predicted octanol–water partition coefficient (Wildman–Crippen LogP) is 3.25. The summed E-state index contributed by atoms with van der Waals surface area (Å²) in [6, 6.07) is 6.62. The molecule has 0 saturated heterocycles. The van der Waals surface area contributed by atoms with Gasteiger partial charge in [-0.25, -0.2) is 17.6 Å². The Bertz CT molecular complexity index is 891. The zero-order chi connectivity index (χ0) is 17.4. The van der Waals surface area contributed by atoms with Crippen molar-refractivity contribution in [3.63, 3.8) is 0 Å². The molecule has 2 rings (SSSR count). The number of carboxylic acids is 1. The van der Waals surface area contributed by atoms with Crippen molar-refractivity contribution >= 4 is 21.7 Å². The molecule has 0 bridgehead atoms. The third kappa shape index (κ3) is 3.50. The lowest BCUT2D eigenvalue weighted by Gasteiger charge is -2.13. The highest BCUT2D eigenvalue weighted by molar-refractivity contribution is 7.92. The minimum Gasteiger partial charge on any atom is -0.478 e. The van der Waals surface area contributed by atoms with Crippen molar-refractivity contribution in [1.82, 2.24) is 0 Å². The van der Waals surface area contributed by atoms with E-state index in [2.05, 4.69) is 4.72 Å². The number of nitrogens with one attached hydrogen (secondary N) is 1. The normalized spacial score (nSPS) is 11.3. The van der Waals surface area contributed by atoms with Gasteiger partial charge in [-0.05, 0) is 55.7 Å². The molecule has 0 amide bonds. The molecule has 0 spiro atoms. The van der Waals surface area contributed by atoms with Gasteiger partial charge >= 0.3 is 5.97 Å². The summed E-state index contributed by atoms with van der Waals surface area (Å²) in [5.41, 5.74) is 1.24. The predicted molar refractivity (Wildman–Crippen MR) is 84.8 cm³/mol. The van der Waals surface area contributed by atoms with Crippen LogP contribution >= 0.6 is 0 Å². The SMILES string of the molecule is Cc1ccc(F)c(NS(=O)(=O)c2cc(C(=O)O)c(C)cc2C)c1. The molecule has 7 heteroatoms. The number of carboxylic acid groups (broad SMARTS) is 1. The van der Waals surface area contributed by atoms with Crippen LogP contribution < -0.4 is 4.72 Å². The Labute approximate surface area is 133 Å². The van der Waals surface area contributed by atoms with Crippen LogP contribution in [0.15, 0.2) is 35.2 Å². The Morgan fingerprint density at radius 1 is 1.09 bits per heavy atom. The number of anilines is 1. The molecule has 23 heavy (non-hydrogen) atoms. The van der Waals surface area contributed by atoms with E-state index in [0.717, 1.165) is 12.1 Å². The highest BCUT2D eigenvalue weighted by atomic mass is 32.2. The number of hydrogen-bond donors (Lipinski definition) is 2. The summed E-state index contributed by atoms with van der Waals surface area (Å²) in [4.78, 5) is 11.0. The van der Waals surface area contributed by atoms with E-state index in [1.54, 1.807) is 20.8 Å². The molecule has 0 aliphatic carbocycles. The third-order valence-corrected chi connectivity index (χ3v) is 4.92. The van der Waals surface area contributed by atoms with Gasteiger partial charge in [0.1, 0.15) is 5.82 Å². The zero-order valence-electron chi connectivity index (χ0n) is 12.8. The maximum atomic E-state index is 13.8. The lowest BCUT2D eigenvalue weighted by Crippen LogP contribution is -2.16. The number of hydrogen-bond acceptors (Lipinski definition) is 3. The summed E-state index contributed by atoms with van der Waals surface area (Å²) >= 11 is 0. The molecular formula is C16H16FNO4S. The van der Waals surface area contributed by atoms with Crippen LogP contribution in [0.25, 0.3) is 0 Å². The molecule has 0 atom stereocenters. The molecule has 2 aromatic rings. The van der Waals surface area contributed by atoms with Gasteiger partial charge in [0, 0.05) is 0 Å². The third-order valence-electron chi connectivity index (χ3n) is 3.41. The number of aryl methyl sites for hydroxylation is 3. The molecule has 0 unspecified atom stereocenters. The van der Waals surface area contributed by atoms with Crippen molar-refractivity contribution in [2.75, 3.05) is 4.72 Å². The second-order valence-corrected chi connectivity index (χ2v) is 6.98. The van der Waals surface area contributed by atoms with E-state index < -0.39 is 21.8 Å². The van der Waals surface area contributed by atoms with Crippen LogP contribution in [0.2, 0.25) is 0 Å². The van der Waals surface area contributed by atoms with Crippen molar-refractivity contribution in [3.8, 4) is 0 Å². The Kier molecular flexibility index (Phi) is 4.42. The van der Waals surface area contributed by atoms with Crippen LogP contribution in [-0.4, -0.2) is 19.5 Å². The second kappa shape index (κ2) is 6.00. The van der Waals surface area contributed by atoms with Crippen molar-refractivity contribution < 1.29 is 22.7 Å². The largest absolute Gasteiger partial charge is 0.478 e. The number of aromatic carboxylic acids is 1. The van der Waals surface area contributed by atoms with Gasteiger partial charge in [0.2, 0.25) is 0 Å². The van der Waals surface area contributed by atoms with E-state index in [1.165, 1.54) is 18.2 Å². The first-order valence-corrected chi connectivity index (χ1v) is 8.23. The summed E-state index contributed by atoms with van der Waals surface area (Å²) in [6.45, 7) is 4.84. The molecule has 0 aliphatic rings. The van der Waals surface area contributed by atoms with Crippen molar-refractivity contribution in [2.24, 2.45) is 0 Å². The summed E-state index contributed by atoms with van der Waals surface area (Å²) < 4.78 is 40.9. The Hall–Kier alpha value is -2.41. The smallest absolute Gasteiger partial charge is 0.335 e. The van der Waals surface area contributed by atoms with Gasteiger partial charge in [-0.2, -0.15) is 0 Å². The lowest BCUT2D eigenvalue weighted by atomic mass is 10.1. The zero-order valence-corrected chi connectivity index (χ0v) is 13.7. The number of carbonyl (C=O) groups is 1. The number of halogens is 1. The summed E-state index contributed by atoms with van der Waals surface area (Å²) in [7, 11) is -4.11. The first-order valence-electron chi connectivity index (χ1n) is 6.75. The molecule has 0 saturated carbocycles. The van der Waals surface area contributed by atoms with E-state index in [1.807, 2.05) is 0 Å². The first kappa shape index (κ1) is 17.0. The van der Waals surface area contributed by atoms with E-state index >= 15 is 0 Å². The number of sulfonamides is 1. The quantitative estimate of drug-likeness (QED) is 0.897. The fourth-order valence-corrected chi connectivity index (χ4v) is 3.58. The minimum atomic E-state index is -4.11. The average molecular weight is 337 g/mol. The van der Waals surface area contributed by atoms with Crippen LogP contribution in [0.3, 0.4) is 0 Å². The minimum absolute atomic E-state index is 0.110. The van der Waals surface area contributed by atoms with Gasteiger partial charge in [-0.3, -0.25) is 4.72 Å². The topological polar surface area (TPSA) is 83.5 Å². The van der Waals surface area contributed by atoms with Crippen molar-refractivity contribution in [1.29, 1.82) is 0 Å². The van der Waals surface area contributed by atoms with Crippen LogP contribution in [0.4, 0.5) is 10.1 Å². The summed E-state index contributed by atoms with van der Waals surface area (Å²) in [5, 5.41) is 9.14. The van der Waals surface area contributed by atoms with Crippen molar-refractivity contribution in [3.05, 3.63) is 58.4 Å². The molecule has 0 aliphatic heterocycles. The van der Waals surface area contributed by atoms with Crippen LogP contribution in [0.1, 0.15) is 27.0 Å². The van der Waals surface area contributed by atoms with Crippen LogP contribution in [-0.2, 0) is 10.0 Å². The van der Waals surface area contributed by atoms with Gasteiger partial charge in [-0.1, -0.05) is 12.1 Å². The molecule has 0 aromatic heterocycles. The molecule has 122 valence electrons. The van der Waals surface area contributed by atoms with Gasteiger partial charge < -0.3 is 5.11 Å². The van der Waals surface area contributed by atoms with Gasteiger partial charge in [0.15, 0.2) is 0 Å². The van der Waals surface area contributed by atoms with Gasteiger partial charge in [-0.15, -0.1) is 0 Å². The molecular weight excluding hydrogens is 321 g/mol. The lowest BCUT2D eigenvalue weighted by molar-refractivity contribution is 0.0696. The van der Waals surface area contributed by atoms with Crippen LogP contribution in [0.5, 0.6) is 0 Å². The fourth-order valence-electron chi connectivity index (χ4n) is 2.27. The second-order valence-electron chi connectivity index (χ2n) is 5.33. The molecule has 2 aromatic carbocycles. The molecule has 0 fully saturated rings. The average Bonchev–Trinajstić information content (AvgIpc) is 2.41. The molecule has 5 nitrogen and oxygen atoms in total. The monoisotopic (exact) mass is 337 g/mol. The molecule has 0 heterocycles. The maximum absolute atomic E-state index is 13.8. The Balaban J connectivity index is 2.54. The van der Waals surface area contributed by atoms with E-state index in [0.29, 0.717) is 16.7 Å². The summed E-state index contributed by atoms with van der Waals surface area (Å²) in [6.07, 6.45) is 0. The molecule has 2 N–H and O–H groups in total. The van der Waals surface area contributed by atoms with E-state index in [-0.39, 0.29) is 16.1 Å². The first-order chi connectivity index (χ1) is 10.6. The van der Waals surface area contributed by atoms with Gasteiger partial charge in [0.05, 0.1) is 16.1 Å². The van der Waals surface area contributed by atoms with E-state index in [4.69, 9.17) is 5.11 Å². The standard InChI is InChI=1S/C16H16FNO4S/c1-9-4-5-13(17)14(6-9)18-23(21,22)15-8-12(16(19)20)10(2)7-11(15)3/h4-8,18H,1-3H3,(H,19,20). The Morgan fingerprint density at radius 2 is 1.74 bits per heavy atom. The van der Waals surface area contributed by atoms with Crippen molar-refractivity contribution in [2.45, 2.75) is 25.7 Å². The fraction of sp³-hybridized carbons (Fsp3) is 0.188. The highest BCUT2D eigenvalue weighted by Crippen LogP contribution is 2.25. The summed E-state index contributed by atoms with van der Waals surface area (Å²) in [5.74, 6) is -1.93. The van der Waals surface area contributed by atoms with Crippen LogP contribution in [0, 0.1) is 26.6 Å². The van der Waals surface area contributed by atoms with Gasteiger partial charge in [0.25, 0.3) is 10.0 Å². The molecule has 0 radical (unpaired) electrons. The maximum Gasteiger partial charge on any atom is 0.335 e.